The summed E-state index contributed by atoms with van der Waals surface area (Å²) in [6, 6.07) is 0. The van der Waals surface area contributed by atoms with Gasteiger partial charge in [0.05, 0.1) is 18.8 Å². The van der Waals surface area contributed by atoms with Crippen molar-refractivity contribution in [2.24, 2.45) is 0 Å². The van der Waals surface area contributed by atoms with Gasteiger partial charge in [-0.1, -0.05) is 13.3 Å². The normalized spacial score (nSPS) is 12.0. The van der Waals surface area contributed by atoms with E-state index in [-0.39, 0.29) is 12.2 Å². The molecule has 0 heterocycles. The third-order valence-electron chi connectivity index (χ3n) is 1.29. The second kappa shape index (κ2) is 8.60. The zero-order chi connectivity index (χ0) is 11.0. The van der Waals surface area contributed by atoms with Crippen LogP contribution in [0.3, 0.4) is 0 Å². The zero-order valence-electron chi connectivity index (χ0n) is 9.95. The summed E-state index contributed by atoms with van der Waals surface area (Å²) in [5.74, 6) is 0. The van der Waals surface area contributed by atoms with Crippen LogP contribution in [0.5, 0.6) is 0 Å². The second-order valence-corrected chi connectivity index (χ2v) is 4.85. The predicted octanol–water partition coefficient (Wildman–Crippen LogP) is 3.88. The van der Waals surface area contributed by atoms with E-state index in [1.165, 1.54) is 0 Å². The van der Waals surface area contributed by atoms with Crippen molar-refractivity contribution in [2.45, 2.75) is 59.7 Å². The lowest BCUT2D eigenvalue weighted by atomic mass is 10.4. The molecule has 0 aliphatic rings. The van der Waals surface area contributed by atoms with E-state index in [0.29, 0.717) is 0 Å². The maximum atomic E-state index is 5.53. The van der Waals surface area contributed by atoms with Crippen LogP contribution >= 0.6 is 8.60 Å². The largest absolute Gasteiger partial charge is 0.333 e. The molecule has 0 unspecified atom stereocenters. The molecular formula is C10H23O3P. The first-order valence-electron chi connectivity index (χ1n) is 5.32. The maximum Gasteiger partial charge on any atom is 0.333 e. The highest BCUT2D eigenvalue weighted by atomic mass is 31.2. The number of hydrogen-bond acceptors (Lipinski definition) is 3. The SMILES string of the molecule is CCCCOP(OC(C)C)OC(C)C. The minimum absolute atomic E-state index is 0.154. The molecular weight excluding hydrogens is 199 g/mol. The van der Waals surface area contributed by atoms with Crippen molar-refractivity contribution < 1.29 is 13.6 Å². The Morgan fingerprint density at radius 1 is 1.00 bits per heavy atom. The van der Waals surface area contributed by atoms with Crippen molar-refractivity contribution in [1.29, 1.82) is 0 Å². The number of hydrogen-bond donors (Lipinski definition) is 0. The van der Waals surface area contributed by atoms with Gasteiger partial charge < -0.3 is 13.6 Å². The van der Waals surface area contributed by atoms with Crippen LogP contribution in [0, 0.1) is 0 Å². The molecule has 0 bridgehead atoms. The molecule has 0 saturated carbocycles. The fourth-order valence-electron chi connectivity index (χ4n) is 0.713. The molecule has 0 amide bonds. The van der Waals surface area contributed by atoms with Gasteiger partial charge in [-0.15, -0.1) is 0 Å². The Labute approximate surface area is 89.1 Å². The molecule has 0 aliphatic heterocycles. The summed E-state index contributed by atoms with van der Waals surface area (Å²) in [6.45, 7) is 10.8. The molecule has 0 aliphatic carbocycles. The van der Waals surface area contributed by atoms with Gasteiger partial charge in [0.25, 0.3) is 0 Å². The molecule has 0 aromatic carbocycles. The lowest BCUT2D eigenvalue weighted by Gasteiger charge is -2.20. The molecule has 0 radical (unpaired) electrons. The first kappa shape index (κ1) is 14.3. The smallest absolute Gasteiger partial charge is 0.312 e. The maximum absolute atomic E-state index is 5.53. The highest BCUT2D eigenvalue weighted by Crippen LogP contribution is 2.42. The molecule has 0 rings (SSSR count). The lowest BCUT2D eigenvalue weighted by Crippen LogP contribution is -2.07. The van der Waals surface area contributed by atoms with E-state index in [4.69, 9.17) is 13.6 Å². The van der Waals surface area contributed by atoms with Gasteiger partial charge >= 0.3 is 8.60 Å². The van der Waals surface area contributed by atoms with Gasteiger partial charge in [-0.25, -0.2) is 0 Å². The predicted molar refractivity (Wildman–Crippen MR) is 60.2 cm³/mol. The van der Waals surface area contributed by atoms with Crippen LogP contribution in [0.15, 0.2) is 0 Å². The second-order valence-electron chi connectivity index (χ2n) is 3.72. The van der Waals surface area contributed by atoms with Gasteiger partial charge in [-0.05, 0) is 34.1 Å². The van der Waals surface area contributed by atoms with E-state index in [1.807, 2.05) is 27.7 Å². The zero-order valence-corrected chi connectivity index (χ0v) is 10.8. The minimum atomic E-state index is -1.15. The fraction of sp³-hybridized carbons (Fsp3) is 1.00. The summed E-state index contributed by atoms with van der Waals surface area (Å²) < 4.78 is 16.6. The topological polar surface area (TPSA) is 27.7 Å². The van der Waals surface area contributed by atoms with Crippen molar-refractivity contribution in [3.8, 4) is 0 Å². The van der Waals surface area contributed by atoms with E-state index >= 15 is 0 Å². The van der Waals surface area contributed by atoms with Gasteiger partial charge in [0, 0.05) is 0 Å². The van der Waals surface area contributed by atoms with Gasteiger partial charge in [-0.2, -0.15) is 0 Å². The van der Waals surface area contributed by atoms with E-state index in [9.17, 15) is 0 Å². The Kier molecular flexibility index (Phi) is 8.80. The highest BCUT2D eigenvalue weighted by Gasteiger charge is 2.15. The minimum Gasteiger partial charge on any atom is -0.312 e. The quantitative estimate of drug-likeness (QED) is 0.460. The van der Waals surface area contributed by atoms with Gasteiger partial charge in [0.2, 0.25) is 0 Å². The summed E-state index contributed by atoms with van der Waals surface area (Å²) in [6.07, 6.45) is 2.50. The average Bonchev–Trinajstić information content (AvgIpc) is 2.02. The molecule has 0 aromatic heterocycles. The number of rotatable bonds is 8. The summed E-state index contributed by atoms with van der Waals surface area (Å²) in [5.41, 5.74) is 0. The Hall–Kier alpha value is 0.310. The highest BCUT2D eigenvalue weighted by molar-refractivity contribution is 7.41. The molecule has 14 heavy (non-hydrogen) atoms. The molecule has 86 valence electrons. The van der Waals surface area contributed by atoms with Crippen LogP contribution in [-0.4, -0.2) is 18.8 Å². The third-order valence-corrected chi connectivity index (χ3v) is 2.87. The molecule has 0 saturated heterocycles. The van der Waals surface area contributed by atoms with Crippen LogP contribution < -0.4 is 0 Å². The Morgan fingerprint density at radius 2 is 1.50 bits per heavy atom. The molecule has 0 fully saturated rings. The Balaban J connectivity index is 3.72. The van der Waals surface area contributed by atoms with E-state index in [0.717, 1.165) is 19.4 Å². The van der Waals surface area contributed by atoms with Gasteiger partial charge in [0.15, 0.2) is 0 Å². The van der Waals surface area contributed by atoms with Gasteiger partial charge in [-0.3, -0.25) is 0 Å². The monoisotopic (exact) mass is 222 g/mol. The van der Waals surface area contributed by atoms with Crippen molar-refractivity contribution in [2.75, 3.05) is 6.61 Å². The van der Waals surface area contributed by atoms with Crippen molar-refractivity contribution in [1.82, 2.24) is 0 Å². The Bertz CT molecular complexity index is 119. The standard InChI is InChI=1S/C10H23O3P/c1-6-7-8-11-14(12-9(2)3)13-10(4)5/h9-10H,6-8H2,1-5H3. The summed E-state index contributed by atoms with van der Waals surface area (Å²) in [5, 5.41) is 0. The van der Waals surface area contributed by atoms with Crippen molar-refractivity contribution in [3.63, 3.8) is 0 Å². The number of unbranched alkanes of at least 4 members (excludes halogenated alkanes) is 1. The third kappa shape index (κ3) is 8.89. The molecule has 0 spiro atoms. The van der Waals surface area contributed by atoms with Crippen molar-refractivity contribution >= 4 is 8.60 Å². The first-order valence-corrected chi connectivity index (χ1v) is 6.42. The molecule has 3 nitrogen and oxygen atoms in total. The molecule has 0 aromatic rings. The van der Waals surface area contributed by atoms with E-state index < -0.39 is 8.60 Å². The van der Waals surface area contributed by atoms with Crippen LogP contribution in [0.4, 0.5) is 0 Å². The first-order chi connectivity index (χ1) is 6.56. The van der Waals surface area contributed by atoms with Crippen molar-refractivity contribution in [3.05, 3.63) is 0 Å². The van der Waals surface area contributed by atoms with Crippen LogP contribution in [-0.2, 0) is 13.6 Å². The molecule has 0 N–H and O–H groups in total. The van der Waals surface area contributed by atoms with Crippen LogP contribution in [0.25, 0.3) is 0 Å². The van der Waals surface area contributed by atoms with Crippen LogP contribution in [0.2, 0.25) is 0 Å². The fourth-order valence-corrected chi connectivity index (χ4v) is 1.85. The summed E-state index contributed by atoms with van der Waals surface area (Å²) in [4.78, 5) is 0. The molecule has 0 atom stereocenters. The Morgan fingerprint density at radius 3 is 1.86 bits per heavy atom. The van der Waals surface area contributed by atoms with E-state index in [2.05, 4.69) is 6.92 Å². The molecule has 4 heteroatoms. The average molecular weight is 222 g/mol. The van der Waals surface area contributed by atoms with Gasteiger partial charge in [0.1, 0.15) is 0 Å². The lowest BCUT2D eigenvalue weighted by molar-refractivity contribution is 0.111. The van der Waals surface area contributed by atoms with E-state index in [1.54, 1.807) is 0 Å². The summed E-state index contributed by atoms with van der Waals surface area (Å²) >= 11 is 0. The van der Waals surface area contributed by atoms with Crippen LogP contribution in [0.1, 0.15) is 47.5 Å². The summed E-state index contributed by atoms with van der Waals surface area (Å²) in [7, 11) is -1.15.